The molecule has 1 amide bonds. The molecule has 1 saturated carbocycles. The van der Waals surface area contributed by atoms with Gasteiger partial charge in [0, 0.05) is 19.5 Å². The zero-order valence-electron chi connectivity index (χ0n) is 14.6. The molecular formula is C18H27ClN2O3. The summed E-state index contributed by atoms with van der Waals surface area (Å²) in [5, 5.41) is 0. The molecule has 6 heteroatoms. The van der Waals surface area contributed by atoms with E-state index in [1.165, 1.54) is 5.56 Å². The Hall–Kier alpha value is -1.46. The van der Waals surface area contributed by atoms with Gasteiger partial charge in [0.15, 0.2) is 11.5 Å². The van der Waals surface area contributed by atoms with Gasteiger partial charge in [0.05, 0.1) is 0 Å². The van der Waals surface area contributed by atoms with E-state index in [4.69, 9.17) is 15.2 Å². The van der Waals surface area contributed by atoms with Gasteiger partial charge in [-0.25, -0.2) is 0 Å². The van der Waals surface area contributed by atoms with E-state index in [1.54, 1.807) is 0 Å². The summed E-state index contributed by atoms with van der Waals surface area (Å²) in [6.07, 6.45) is 0.909. The van der Waals surface area contributed by atoms with Crippen LogP contribution in [0.4, 0.5) is 0 Å². The molecule has 2 unspecified atom stereocenters. The van der Waals surface area contributed by atoms with Gasteiger partial charge in [0.25, 0.3) is 0 Å². The highest BCUT2D eigenvalue weighted by Crippen LogP contribution is 2.50. The summed E-state index contributed by atoms with van der Waals surface area (Å²) in [5.41, 5.74) is 6.88. The Morgan fingerprint density at radius 1 is 1.29 bits per heavy atom. The number of nitrogens with two attached hydrogens (primary N) is 1. The fraction of sp³-hybridized carbons (Fsp3) is 0.611. The zero-order chi connectivity index (χ0) is 16.6. The number of rotatable bonds is 5. The molecule has 0 bridgehead atoms. The lowest BCUT2D eigenvalue weighted by atomic mass is 9.93. The molecule has 134 valence electrons. The van der Waals surface area contributed by atoms with Crippen molar-refractivity contribution in [2.24, 2.45) is 17.1 Å². The molecule has 0 saturated heterocycles. The Bertz CT molecular complexity index is 606. The van der Waals surface area contributed by atoms with E-state index < -0.39 is 0 Å². The summed E-state index contributed by atoms with van der Waals surface area (Å²) in [7, 11) is 1.87. The van der Waals surface area contributed by atoms with E-state index >= 15 is 0 Å². The van der Waals surface area contributed by atoms with Gasteiger partial charge in [-0.15, -0.1) is 12.4 Å². The van der Waals surface area contributed by atoms with Crippen molar-refractivity contribution in [3.05, 3.63) is 23.8 Å². The number of nitrogens with zero attached hydrogens (tertiary/aromatic N) is 1. The number of hydrogen-bond donors (Lipinski definition) is 1. The van der Waals surface area contributed by atoms with Crippen LogP contribution in [0.2, 0.25) is 0 Å². The van der Waals surface area contributed by atoms with Crippen LogP contribution < -0.4 is 15.2 Å². The van der Waals surface area contributed by atoms with Gasteiger partial charge in [-0.1, -0.05) is 19.9 Å². The number of hydrogen-bond acceptors (Lipinski definition) is 4. The van der Waals surface area contributed by atoms with Gasteiger partial charge in [-0.3, -0.25) is 4.79 Å². The monoisotopic (exact) mass is 354 g/mol. The van der Waals surface area contributed by atoms with Gasteiger partial charge in [-0.05, 0) is 42.0 Å². The summed E-state index contributed by atoms with van der Waals surface area (Å²) in [6, 6.07) is 6.02. The van der Waals surface area contributed by atoms with Crippen molar-refractivity contribution in [1.82, 2.24) is 4.90 Å². The normalized spacial score (nSPS) is 21.7. The van der Waals surface area contributed by atoms with Crippen LogP contribution >= 0.6 is 12.4 Å². The molecule has 2 atom stereocenters. The van der Waals surface area contributed by atoms with E-state index in [0.29, 0.717) is 32.2 Å². The highest BCUT2D eigenvalue weighted by molar-refractivity contribution is 5.85. The molecule has 0 radical (unpaired) electrons. The van der Waals surface area contributed by atoms with Gasteiger partial charge in [-0.2, -0.15) is 0 Å². The van der Waals surface area contributed by atoms with Crippen molar-refractivity contribution < 1.29 is 14.3 Å². The largest absolute Gasteiger partial charge is 0.486 e. The molecule has 1 heterocycles. The SMILES string of the molecule is CN(CC(C)(C)CN)C(=O)C1CC1c1ccc2c(c1)OCCO2.Cl. The minimum absolute atomic E-state index is 0. The second kappa shape index (κ2) is 7.19. The molecular weight excluding hydrogens is 328 g/mol. The first-order chi connectivity index (χ1) is 10.9. The van der Waals surface area contributed by atoms with Crippen molar-refractivity contribution in [3.8, 4) is 11.5 Å². The predicted molar refractivity (Wildman–Crippen MR) is 96.0 cm³/mol. The quantitative estimate of drug-likeness (QED) is 0.882. The van der Waals surface area contributed by atoms with E-state index in [9.17, 15) is 4.79 Å². The van der Waals surface area contributed by atoms with Gasteiger partial charge in [0.1, 0.15) is 13.2 Å². The van der Waals surface area contributed by atoms with Gasteiger partial charge >= 0.3 is 0 Å². The fourth-order valence-electron chi connectivity index (χ4n) is 3.19. The van der Waals surface area contributed by atoms with Crippen molar-refractivity contribution in [1.29, 1.82) is 0 Å². The number of benzene rings is 1. The Labute approximate surface area is 149 Å². The summed E-state index contributed by atoms with van der Waals surface area (Å²) in [6.45, 7) is 6.61. The first-order valence-corrected chi connectivity index (χ1v) is 8.26. The number of halogens is 1. The smallest absolute Gasteiger partial charge is 0.226 e. The first-order valence-electron chi connectivity index (χ1n) is 8.26. The lowest BCUT2D eigenvalue weighted by Crippen LogP contribution is -2.40. The van der Waals surface area contributed by atoms with E-state index in [0.717, 1.165) is 17.9 Å². The number of amides is 1. The highest BCUT2D eigenvalue weighted by atomic mass is 35.5. The molecule has 1 fully saturated rings. The lowest BCUT2D eigenvalue weighted by Gasteiger charge is -2.29. The minimum Gasteiger partial charge on any atom is -0.486 e. The Balaban J connectivity index is 0.00000208. The molecule has 1 aliphatic heterocycles. The van der Waals surface area contributed by atoms with Crippen LogP contribution in [0.15, 0.2) is 18.2 Å². The minimum atomic E-state index is -0.0498. The summed E-state index contributed by atoms with van der Waals surface area (Å²) >= 11 is 0. The van der Waals surface area contributed by atoms with E-state index in [2.05, 4.69) is 19.9 Å². The highest BCUT2D eigenvalue weighted by Gasteiger charge is 2.45. The fourth-order valence-corrected chi connectivity index (χ4v) is 3.19. The molecule has 1 aliphatic carbocycles. The second-order valence-corrected chi connectivity index (χ2v) is 7.41. The Morgan fingerprint density at radius 2 is 1.96 bits per heavy atom. The van der Waals surface area contributed by atoms with Crippen LogP contribution in [0.25, 0.3) is 0 Å². The molecule has 5 nitrogen and oxygen atoms in total. The van der Waals surface area contributed by atoms with Gasteiger partial charge < -0.3 is 20.1 Å². The maximum Gasteiger partial charge on any atom is 0.226 e. The molecule has 1 aromatic rings. The molecule has 2 N–H and O–H groups in total. The Kier molecular flexibility index (Phi) is 5.66. The second-order valence-electron chi connectivity index (χ2n) is 7.41. The average Bonchev–Trinajstić information content (AvgIpc) is 3.34. The summed E-state index contributed by atoms with van der Waals surface area (Å²) < 4.78 is 11.2. The zero-order valence-corrected chi connectivity index (χ0v) is 15.4. The number of carbonyl (C=O) groups excluding carboxylic acids is 1. The molecule has 1 aromatic carbocycles. The van der Waals surface area contributed by atoms with Crippen molar-refractivity contribution in [3.63, 3.8) is 0 Å². The number of ether oxygens (including phenoxy) is 2. The first kappa shape index (κ1) is 18.9. The van der Waals surface area contributed by atoms with Crippen LogP contribution in [0.1, 0.15) is 31.7 Å². The third-order valence-electron chi connectivity index (χ3n) is 4.70. The van der Waals surface area contributed by atoms with Crippen LogP contribution in [0, 0.1) is 11.3 Å². The van der Waals surface area contributed by atoms with Crippen molar-refractivity contribution in [2.45, 2.75) is 26.2 Å². The average molecular weight is 355 g/mol. The maximum absolute atomic E-state index is 12.6. The van der Waals surface area contributed by atoms with Crippen LogP contribution in [0.5, 0.6) is 11.5 Å². The molecule has 2 aliphatic rings. The molecule has 24 heavy (non-hydrogen) atoms. The van der Waals surface area contributed by atoms with Crippen LogP contribution in [-0.2, 0) is 4.79 Å². The number of fused-ring (bicyclic) bond motifs is 1. The van der Waals surface area contributed by atoms with Crippen LogP contribution in [-0.4, -0.2) is 44.2 Å². The standard InChI is InChI=1S/C18H26N2O3.ClH/c1-18(2,10-19)11-20(3)17(21)14-9-13(14)12-4-5-15-16(8-12)23-7-6-22-15;/h4-5,8,13-14H,6-7,9-11,19H2,1-3H3;1H. The molecule has 3 rings (SSSR count). The summed E-state index contributed by atoms with van der Waals surface area (Å²) in [4.78, 5) is 14.4. The third kappa shape index (κ3) is 3.95. The lowest BCUT2D eigenvalue weighted by molar-refractivity contribution is -0.132. The Morgan fingerprint density at radius 3 is 2.62 bits per heavy atom. The maximum atomic E-state index is 12.6. The van der Waals surface area contributed by atoms with Crippen molar-refractivity contribution in [2.75, 3.05) is 33.4 Å². The predicted octanol–water partition coefficient (Wildman–Crippen LogP) is 2.43. The molecule has 0 spiro atoms. The third-order valence-corrected chi connectivity index (χ3v) is 4.70. The van der Waals surface area contributed by atoms with Crippen molar-refractivity contribution >= 4 is 18.3 Å². The van der Waals surface area contributed by atoms with Gasteiger partial charge in [0.2, 0.25) is 5.91 Å². The molecule has 0 aromatic heterocycles. The van der Waals surface area contributed by atoms with Crippen LogP contribution in [0.3, 0.4) is 0 Å². The number of carbonyl (C=O) groups is 1. The van der Waals surface area contributed by atoms with E-state index in [1.807, 2.05) is 24.1 Å². The summed E-state index contributed by atoms with van der Waals surface area (Å²) in [5.74, 6) is 2.18. The van der Waals surface area contributed by atoms with E-state index in [-0.39, 0.29) is 29.6 Å². The topological polar surface area (TPSA) is 64.8 Å².